The minimum atomic E-state index is -0.714. The van der Waals surface area contributed by atoms with Gasteiger partial charge in [0.25, 0.3) is 0 Å². The molecule has 182 valence electrons. The number of thioether (sulfide) groups is 1. The number of benzene rings is 3. The van der Waals surface area contributed by atoms with E-state index < -0.39 is 5.25 Å². The molecule has 5 rings (SSSR count). The van der Waals surface area contributed by atoms with E-state index in [0.29, 0.717) is 22.2 Å². The molecule has 2 aliphatic rings. The van der Waals surface area contributed by atoms with Gasteiger partial charge in [0.05, 0.1) is 17.4 Å². The molecule has 1 N–H and O–H groups in total. The van der Waals surface area contributed by atoms with Crippen LogP contribution >= 0.6 is 35.0 Å². The van der Waals surface area contributed by atoms with Crippen LogP contribution < -0.4 is 4.90 Å². The molecule has 0 bridgehead atoms. The number of anilines is 1. The molecule has 6 nitrogen and oxygen atoms in total. The number of imide groups is 1. The van der Waals surface area contributed by atoms with Crippen LogP contribution in [0.15, 0.2) is 77.9 Å². The molecule has 9 heteroatoms. The summed E-state index contributed by atoms with van der Waals surface area (Å²) in [6.45, 7) is 2.03. The molecule has 0 aliphatic carbocycles. The SMILES string of the molecule is Cc1ccc(C2=NN(C(=N)S[C@H]3CC(=O)N(c4cccc(Cl)c4)C3=O)[C@@H](c3ccc(Cl)cc3)C2)cc1. The molecule has 0 unspecified atom stereocenters. The van der Waals surface area contributed by atoms with Gasteiger partial charge in [-0.1, -0.05) is 83.0 Å². The minimum absolute atomic E-state index is 0.00633. The van der Waals surface area contributed by atoms with Gasteiger partial charge in [-0.2, -0.15) is 5.10 Å². The Bertz CT molecular complexity index is 1380. The van der Waals surface area contributed by atoms with Crippen LogP contribution in [0.1, 0.15) is 35.6 Å². The van der Waals surface area contributed by atoms with Gasteiger partial charge in [-0.15, -0.1) is 0 Å². The highest BCUT2D eigenvalue weighted by Gasteiger charge is 2.42. The summed E-state index contributed by atoms with van der Waals surface area (Å²) >= 11 is 13.2. The van der Waals surface area contributed by atoms with Crippen molar-refractivity contribution in [2.75, 3.05) is 4.90 Å². The number of aryl methyl sites for hydroxylation is 1. The second-order valence-corrected chi connectivity index (χ2v) is 10.8. The van der Waals surface area contributed by atoms with Gasteiger partial charge in [-0.25, -0.2) is 9.91 Å². The minimum Gasteiger partial charge on any atom is -0.277 e. The van der Waals surface area contributed by atoms with Crippen molar-refractivity contribution in [3.8, 4) is 0 Å². The number of amides is 2. The Kier molecular flexibility index (Phi) is 6.88. The molecule has 0 aromatic heterocycles. The van der Waals surface area contributed by atoms with Gasteiger partial charge in [0, 0.05) is 22.9 Å². The maximum absolute atomic E-state index is 13.2. The number of rotatable bonds is 4. The molecule has 36 heavy (non-hydrogen) atoms. The highest BCUT2D eigenvalue weighted by molar-refractivity contribution is 8.14. The van der Waals surface area contributed by atoms with E-state index in [1.807, 2.05) is 55.5 Å². The van der Waals surface area contributed by atoms with Crippen molar-refractivity contribution in [1.29, 1.82) is 5.41 Å². The summed E-state index contributed by atoms with van der Waals surface area (Å²) in [5.74, 6) is -0.672. The van der Waals surface area contributed by atoms with E-state index in [1.165, 1.54) is 0 Å². The molecular formula is C27H22Cl2N4O2S. The zero-order valence-electron chi connectivity index (χ0n) is 19.3. The van der Waals surface area contributed by atoms with Crippen LogP contribution in [0, 0.1) is 12.3 Å². The standard InChI is InChI=1S/C27H22Cl2N4O2S/c1-16-5-7-17(8-6-16)22-14-23(18-9-11-19(28)12-10-18)33(31-22)27(30)36-24-15-25(34)32(26(24)35)21-4-2-3-20(29)13-21/h2-13,23-24,30H,14-15H2,1H3/t23-,24+/m1/s1. The van der Waals surface area contributed by atoms with E-state index in [-0.39, 0.29) is 29.4 Å². The number of hydrazone groups is 1. The molecule has 1 saturated heterocycles. The van der Waals surface area contributed by atoms with Crippen LogP contribution in [-0.4, -0.2) is 33.0 Å². The number of nitrogens with one attached hydrogen (secondary N) is 1. The Balaban J connectivity index is 1.40. The second kappa shape index (κ2) is 10.1. The van der Waals surface area contributed by atoms with Gasteiger partial charge in [-0.05, 0) is 48.4 Å². The molecule has 2 heterocycles. The maximum atomic E-state index is 13.2. The van der Waals surface area contributed by atoms with Crippen LogP contribution in [0.25, 0.3) is 0 Å². The molecule has 2 amide bonds. The summed E-state index contributed by atoms with van der Waals surface area (Å²) in [5.41, 5.74) is 4.39. The normalized spacial score (nSPS) is 19.7. The van der Waals surface area contributed by atoms with Crippen LogP contribution in [0.5, 0.6) is 0 Å². The lowest BCUT2D eigenvalue weighted by Gasteiger charge is -2.24. The third kappa shape index (κ3) is 4.91. The molecule has 2 atom stereocenters. The van der Waals surface area contributed by atoms with E-state index in [0.717, 1.165) is 39.1 Å². The van der Waals surface area contributed by atoms with Crippen LogP contribution in [0.2, 0.25) is 10.0 Å². The predicted octanol–water partition coefficient (Wildman–Crippen LogP) is 6.45. The van der Waals surface area contributed by atoms with Gasteiger partial charge in [-0.3, -0.25) is 15.0 Å². The highest BCUT2D eigenvalue weighted by Crippen LogP contribution is 2.38. The number of amidine groups is 1. The first-order chi connectivity index (χ1) is 17.3. The first-order valence-corrected chi connectivity index (χ1v) is 13.0. The quantitative estimate of drug-likeness (QED) is 0.236. The lowest BCUT2D eigenvalue weighted by Crippen LogP contribution is -2.32. The highest BCUT2D eigenvalue weighted by atomic mass is 35.5. The van der Waals surface area contributed by atoms with E-state index in [4.69, 9.17) is 33.7 Å². The molecule has 1 fully saturated rings. The lowest BCUT2D eigenvalue weighted by molar-refractivity contribution is -0.121. The van der Waals surface area contributed by atoms with Gasteiger partial charge < -0.3 is 0 Å². The number of carbonyl (C=O) groups is 2. The smallest absolute Gasteiger partial charge is 0.247 e. The van der Waals surface area contributed by atoms with Crippen molar-refractivity contribution >= 4 is 63.3 Å². The Morgan fingerprint density at radius 3 is 2.39 bits per heavy atom. The van der Waals surface area contributed by atoms with E-state index in [9.17, 15) is 9.59 Å². The van der Waals surface area contributed by atoms with Gasteiger partial charge in [0.15, 0.2) is 5.17 Å². The largest absolute Gasteiger partial charge is 0.277 e. The zero-order valence-corrected chi connectivity index (χ0v) is 21.6. The van der Waals surface area contributed by atoms with Crippen LogP contribution in [0.3, 0.4) is 0 Å². The van der Waals surface area contributed by atoms with Crippen LogP contribution in [0.4, 0.5) is 5.69 Å². The van der Waals surface area contributed by atoms with Crippen molar-refractivity contribution in [2.45, 2.75) is 31.1 Å². The third-order valence-corrected chi connectivity index (χ3v) is 7.73. The second-order valence-electron chi connectivity index (χ2n) is 8.69. The van der Waals surface area contributed by atoms with E-state index in [1.54, 1.807) is 29.3 Å². The molecule has 3 aromatic carbocycles. The first-order valence-electron chi connectivity index (χ1n) is 11.4. The molecular weight excluding hydrogens is 515 g/mol. The lowest BCUT2D eigenvalue weighted by atomic mass is 9.98. The Morgan fingerprint density at radius 2 is 1.69 bits per heavy atom. The van der Waals surface area contributed by atoms with Crippen LogP contribution in [-0.2, 0) is 9.59 Å². The van der Waals surface area contributed by atoms with Gasteiger partial charge in [0.2, 0.25) is 11.8 Å². The molecule has 3 aromatic rings. The third-order valence-electron chi connectivity index (χ3n) is 6.18. The number of carbonyl (C=O) groups excluding carboxylic acids is 2. The van der Waals surface area contributed by atoms with Crippen molar-refractivity contribution < 1.29 is 9.59 Å². The number of hydrogen-bond acceptors (Lipinski definition) is 5. The maximum Gasteiger partial charge on any atom is 0.247 e. The predicted molar refractivity (Wildman–Crippen MR) is 146 cm³/mol. The summed E-state index contributed by atoms with van der Waals surface area (Å²) in [4.78, 5) is 27.0. The zero-order chi connectivity index (χ0) is 25.4. The first kappa shape index (κ1) is 24.6. The molecule has 2 aliphatic heterocycles. The summed E-state index contributed by atoms with van der Waals surface area (Å²) in [6.07, 6.45) is 0.603. The average molecular weight is 537 g/mol. The van der Waals surface area contributed by atoms with E-state index in [2.05, 4.69) is 0 Å². The Morgan fingerprint density at radius 1 is 0.972 bits per heavy atom. The monoisotopic (exact) mass is 536 g/mol. The Hall–Kier alpha value is -3.13. The van der Waals surface area contributed by atoms with Gasteiger partial charge in [0.1, 0.15) is 5.25 Å². The summed E-state index contributed by atoms with van der Waals surface area (Å²) in [6, 6.07) is 22.0. The number of halogens is 2. The fraction of sp³-hybridized carbons (Fsp3) is 0.185. The Labute approximate surface area is 223 Å². The fourth-order valence-corrected chi connectivity index (χ4v) is 5.62. The van der Waals surface area contributed by atoms with Gasteiger partial charge >= 0.3 is 0 Å². The topological polar surface area (TPSA) is 76.8 Å². The molecule has 0 radical (unpaired) electrons. The molecule has 0 spiro atoms. The van der Waals surface area contributed by atoms with Crippen molar-refractivity contribution in [3.05, 3.63) is 99.5 Å². The summed E-state index contributed by atoms with van der Waals surface area (Å²) < 4.78 is 0. The number of hydrogen-bond donors (Lipinski definition) is 1. The van der Waals surface area contributed by atoms with E-state index >= 15 is 0 Å². The average Bonchev–Trinajstić information content (AvgIpc) is 3.41. The summed E-state index contributed by atoms with van der Waals surface area (Å²) in [7, 11) is 0. The molecule has 0 saturated carbocycles. The fourth-order valence-electron chi connectivity index (χ4n) is 4.33. The summed E-state index contributed by atoms with van der Waals surface area (Å²) in [5, 5.41) is 15.8. The number of nitrogens with zero attached hydrogens (tertiary/aromatic N) is 3. The van der Waals surface area contributed by atoms with Crippen molar-refractivity contribution in [2.24, 2.45) is 5.10 Å². The van der Waals surface area contributed by atoms with Crippen molar-refractivity contribution in [3.63, 3.8) is 0 Å². The van der Waals surface area contributed by atoms with Crippen molar-refractivity contribution in [1.82, 2.24) is 5.01 Å².